The van der Waals surface area contributed by atoms with Crippen molar-refractivity contribution >= 4 is 17.5 Å². The fourth-order valence-corrected chi connectivity index (χ4v) is 0.627. The molecule has 60 valence electrons. The van der Waals surface area contributed by atoms with Crippen molar-refractivity contribution in [2.45, 2.75) is 13.8 Å². The van der Waals surface area contributed by atoms with Crippen LogP contribution in [0.5, 0.6) is 0 Å². The average molecular weight is 155 g/mol. The minimum absolute atomic E-state index is 0.218. The van der Waals surface area contributed by atoms with E-state index in [9.17, 15) is 4.79 Å². The largest absolute Gasteiger partial charge is 0.393 e. The van der Waals surface area contributed by atoms with E-state index < -0.39 is 0 Å². The Morgan fingerprint density at radius 1 is 1.73 bits per heavy atom. The predicted octanol–water partition coefficient (Wildman–Crippen LogP) is 0.524. The molecule has 0 unspecified atom stereocenters. The van der Waals surface area contributed by atoms with Gasteiger partial charge in [0.1, 0.15) is 11.4 Å². The molecule has 0 saturated carbocycles. The van der Waals surface area contributed by atoms with Gasteiger partial charge < -0.3 is 10.3 Å². The van der Waals surface area contributed by atoms with Crippen molar-refractivity contribution in [2.75, 3.05) is 11.1 Å². The minimum atomic E-state index is -0.229. The zero-order chi connectivity index (χ0) is 8.43. The lowest BCUT2D eigenvalue weighted by atomic mass is 10.4. The molecule has 0 aliphatic carbocycles. The van der Waals surface area contributed by atoms with E-state index in [0.29, 0.717) is 11.4 Å². The zero-order valence-electron chi connectivity index (χ0n) is 6.34. The van der Waals surface area contributed by atoms with Crippen LogP contribution in [0.25, 0.3) is 0 Å². The Morgan fingerprint density at radius 2 is 2.36 bits per heavy atom. The van der Waals surface area contributed by atoms with Crippen LogP contribution in [0.4, 0.5) is 11.6 Å². The van der Waals surface area contributed by atoms with E-state index in [4.69, 9.17) is 10.3 Å². The second-order valence-corrected chi connectivity index (χ2v) is 2.19. The fourth-order valence-electron chi connectivity index (χ4n) is 0.627. The molecule has 3 N–H and O–H groups in total. The molecule has 0 atom stereocenters. The van der Waals surface area contributed by atoms with Gasteiger partial charge in [0.2, 0.25) is 5.91 Å². The van der Waals surface area contributed by atoms with Gasteiger partial charge in [-0.05, 0) is 6.92 Å². The molecule has 0 aliphatic heterocycles. The molecule has 1 amide bonds. The Balaban J connectivity index is 2.87. The topological polar surface area (TPSA) is 81.2 Å². The molecule has 1 aromatic heterocycles. The molecular formula is C6H9N3O2. The summed E-state index contributed by atoms with van der Waals surface area (Å²) in [6, 6.07) is 0. The molecule has 11 heavy (non-hydrogen) atoms. The maximum atomic E-state index is 10.5. The van der Waals surface area contributed by atoms with E-state index in [1.54, 1.807) is 6.92 Å². The smallest absolute Gasteiger partial charge is 0.254 e. The molecule has 0 aromatic carbocycles. The molecule has 5 nitrogen and oxygen atoms in total. The van der Waals surface area contributed by atoms with Gasteiger partial charge in [-0.3, -0.25) is 10.1 Å². The second-order valence-electron chi connectivity index (χ2n) is 2.19. The van der Waals surface area contributed by atoms with Gasteiger partial charge in [0.05, 0.1) is 0 Å². The van der Waals surface area contributed by atoms with Crippen LogP contribution in [-0.4, -0.2) is 11.1 Å². The van der Waals surface area contributed by atoms with Crippen LogP contribution in [0.15, 0.2) is 4.52 Å². The van der Waals surface area contributed by atoms with Gasteiger partial charge >= 0.3 is 0 Å². The highest BCUT2D eigenvalue weighted by Gasteiger charge is 2.09. The molecule has 1 aromatic rings. The number of anilines is 2. The van der Waals surface area contributed by atoms with E-state index in [2.05, 4.69) is 10.5 Å². The molecule has 0 bridgehead atoms. The average Bonchev–Trinajstić information content (AvgIpc) is 2.18. The zero-order valence-corrected chi connectivity index (χ0v) is 6.34. The monoisotopic (exact) mass is 155 g/mol. The molecule has 1 heterocycles. The Bertz CT molecular complexity index is 279. The van der Waals surface area contributed by atoms with Crippen LogP contribution >= 0.6 is 0 Å². The summed E-state index contributed by atoms with van der Waals surface area (Å²) in [4.78, 5) is 10.5. The van der Waals surface area contributed by atoms with Crippen LogP contribution < -0.4 is 11.1 Å². The summed E-state index contributed by atoms with van der Waals surface area (Å²) < 4.78 is 4.70. The van der Waals surface area contributed by atoms with Crippen molar-refractivity contribution in [1.82, 2.24) is 5.16 Å². The summed E-state index contributed by atoms with van der Waals surface area (Å²) in [6.45, 7) is 3.07. The SMILES string of the molecule is CC(=O)Nc1onc(C)c1N. The van der Waals surface area contributed by atoms with Crippen LogP contribution in [-0.2, 0) is 4.79 Å². The number of aromatic nitrogens is 1. The number of nitrogens with zero attached hydrogens (tertiary/aromatic N) is 1. The number of hydrogen-bond acceptors (Lipinski definition) is 4. The number of carbonyl (C=O) groups excluding carboxylic acids is 1. The van der Waals surface area contributed by atoms with Crippen LogP contribution in [0.3, 0.4) is 0 Å². The Kier molecular flexibility index (Phi) is 1.80. The summed E-state index contributed by atoms with van der Waals surface area (Å²) >= 11 is 0. The number of nitrogens with two attached hydrogens (primary N) is 1. The Labute approximate surface area is 63.5 Å². The minimum Gasteiger partial charge on any atom is -0.393 e. The van der Waals surface area contributed by atoms with E-state index in [1.807, 2.05) is 0 Å². The maximum absolute atomic E-state index is 10.5. The number of carbonyl (C=O) groups is 1. The van der Waals surface area contributed by atoms with Gasteiger partial charge in [0.25, 0.3) is 5.88 Å². The van der Waals surface area contributed by atoms with Crippen molar-refractivity contribution in [2.24, 2.45) is 0 Å². The highest BCUT2D eigenvalue weighted by molar-refractivity contribution is 5.90. The Morgan fingerprint density at radius 3 is 2.73 bits per heavy atom. The molecule has 1 rings (SSSR count). The first-order valence-electron chi connectivity index (χ1n) is 3.10. The van der Waals surface area contributed by atoms with Crippen LogP contribution in [0.1, 0.15) is 12.6 Å². The lowest BCUT2D eigenvalue weighted by molar-refractivity contribution is -0.114. The summed E-state index contributed by atoms with van der Waals surface area (Å²) in [5.74, 6) is -0.0112. The Hall–Kier alpha value is -1.52. The summed E-state index contributed by atoms with van der Waals surface area (Å²) in [5, 5.41) is 5.96. The molecule has 0 spiro atoms. The van der Waals surface area contributed by atoms with Gasteiger partial charge in [0.15, 0.2) is 0 Å². The quantitative estimate of drug-likeness (QED) is 0.619. The third-order valence-electron chi connectivity index (χ3n) is 1.20. The molecule has 0 radical (unpaired) electrons. The first-order valence-corrected chi connectivity index (χ1v) is 3.10. The molecule has 5 heteroatoms. The third-order valence-corrected chi connectivity index (χ3v) is 1.20. The van der Waals surface area contributed by atoms with Crippen molar-refractivity contribution in [1.29, 1.82) is 0 Å². The normalized spacial score (nSPS) is 9.64. The molecule has 0 aliphatic rings. The number of aryl methyl sites for hydroxylation is 1. The van der Waals surface area contributed by atoms with Gasteiger partial charge in [-0.15, -0.1) is 0 Å². The van der Waals surface area contributed by atoms with Crippen molar-refractivity contribution in [3.8, 4) is 0 Å². The van der Waals surface area contributed by atoms with Crippen molar-refractivity contribution in [3.63, 3.8) is 0 Å². The van der Waals surface area contributed by atoms with Crippen LogP contribution in [0.2, 0.25) is 0 Å². The first kappa shape index (κ1) is 7.59. The maximum Gasteiger partial charge on any atom is 0.254 e. The highest BCUT2D eigenvalue weighted by atomic mass is 16.5. The van der Waals surface area contributed by atoms with E-state index in [1.165, 1.54) is 6.92 Å². The van der Waals surface area contributed by atoms with Crippen molar-refractivity contribution in [3.05, 3.63) is 5.69 Å². The lowest BCUT2D eigenvalue weighted by Gasteiger charge is -1.94. The molecule has 0 saturated heterocycles. The first-order chi connectivity index (χ1) is 5.11. The fraction of sp³-hybridized carbons (Fsp3) is 0.333. The lowest BCUT2D eigenvalue weighted by Crippen LogP contribution is -2.06. The van der Waals surface area contributed by atoms with E-state index in [-0.39, 0.29) is 11.8 Å². The van der Waals surface area contributed by atoms with Crippen molar-refractivity contribution < 1.29 is 9.32 Å². The number of rotatable bonds is 1. The molecular weight excluding hydrogens is 146 g/mol. The number of hydrogen-bond donors (Lipinski definition) is 2. The number of nitrogens with one attached hydrogen (secondary N) is 1. The third kappa shape index (κ3) is 1.49. The highest BCUT2D eigenvalue weighted by Crippen LogP contribution is 2.20. The molecule has 0 fully saturated rings. The van der Waals surface area contributed by atoms with E-state index in [0.717, 1.165) is 0 Å². The number of amides is 1. The summed E-state index contributed by atoms with van der Waals surface area (Å²) in [7, 11) is 0. The summed E-state index contributed by atoms with van der Waals surface area (Å²) in [5.41, 5.74) is 6.43. The summed E-state index contributed by atoms with van der Waals surface area (Å²) in [6.07, 6.45) is 0. The predicted molar refractivity (Wildman–Crippen MR) is 40.0 cm³/mol. The standard InChI is InChI=1S/C6H9N3O2/c1-3-5(7)6(11-9-3)8-4(2)10/h7H2,1-2H3,(H,8,10). The second kappa shape index (κ2) is 2.61. The van der Waals surface area contributed by atoms with Gasteiger partial charge in [0, 0.05) is 6.92 Å². The van der Waals surface area contributed by atoms with Gasteiger partial charge in [-0.25, -0.2) is 0 Å². The number of nitrogen functional groups attached to an aromatic ring is 1. The van der Waals surface area contributed by atoms with Gasteiger partial charge in [-0.2, -0.15) is 0 Å². The van der Waals surface area contributed by atoms with Crippen LogP contribution in [0, 0.1) is 6.92 Å². The van der Waals surface area contributed by atoms with Gasteiger partial charge in [-0.1, -0.05) is 5.16 Å². The van der Waals surface area contributed by atoms with E-state index >= 15 is 0 Å².